The predicted octanol–water partition coefficient (Wildman–Crippen LogP) is 2.72. The molecule has 0 saturated carbocycles. The van der Waals surface area contributed by atoms with Crippen LogP contribution in [-0.2, 0) is 13.0 Å². The van der Waals surface area contributed by atoms with Gasteiger partial charge < -0.3 is 4.74 Å². The van der Waals surface area contributed by atoms with E-state index < -0.39 is 0 Å². The number of nitrogens with one attached hydrogen (secondary N) is 1. The largest absolute Gasteiger partial charge is 0.497 e. The van der Waals surface area contributed by atoms with Crippen molar-refractivity contribution in [1.82, 2.24) is 10.2 Å². The fraction of sp³-hybridized carbons (Fsp3) is 0.333. The average Bonchev–Trinajstić information content (AvgIpc) is 2.95. The van der Waals surface area contributed by atoms with Gasteiger partial charge in [-0.15, -0.1) is 0 Å². The lowest BCUT2D eigenvalue weighted by Gasteiger charge is -2.34. The van der Waals surface area contributed by atoms with Gasteiger partial charge in [-0.05, 0) is 35.2 Å². The van der Waals surface area contributed by atoms with Crippen LogP contribution in [0.5, 0.6) is 5.75 Å². The summed E-state index contributed by atoms with van der Waals surface area (Å²) in [7, 11) is 1.71. The van der Waals surface area contributed by atoms with Gasteiger partial charge in [0.15, 0.2) is 0 Å². The summed E-state index contributed by atoms with van der Waals surface area (Å²) in [6, 6.07) is 17.8. The van der Waals surface area contributed by atoms with Crippen molar-refractivity contribution in [2.75, 3.05) is 13.7 Å². The molecule has 0 aromatic heterocycles. The number of hydrogen-bond donors (Lipinski definition) is 1. The number of rotatable bonds is 2. The van der Waals surface area contributed by atoms with Gasteiger partial charge in [-0.1, -0.05) is 36.4 Å². The standard InChI is InChI=1S/C18H20N2O/c1-21-17-8-6-13(7-9-17)18-19-11-16-10-14-4-2-3-5-15(14)12-20(16)18/h2-9,16,18-19H,10-12H2,1H3/t16-,18-/m1/s1. The molecule has 0 aliphatic carbocycles. The van der Waals surface area contributed by atoms with Crippen molar-refractivity contribution in [2.45, 2.75) is 25.2 Å². The van der Waals surface area contributed by atoms with Crippen molar-refractivity contribution in [3.63, 3.8) is 0 Å². The molecule has 0 radical (unpaired) electrons. The summed E-state index contributed by atoms with van der Waals surface area (Å²) in [4.78, 5) is 2.59. The van der Waals surface area contributed by atoms with Crippen LogP contribution < -0.4 is 10.1 Å². The van der Waals surface area contributed by atoms with Crippen molar-refractivity contribution >= 4 is 0 Å². The van der Waals surface area contributed by atoms with Gasteiger partial charge in [0, 0.05) is 19.1 Å². The van der Waals surface area contributed by atoms with E-state index in [1.54, 1.807) is 7.11 Å². The molecule has 0 amide bonds. The Morgan fingerprint density at radius 3 is 2.57 bits per heavy atom. The number of fused-ring (bicyclic) bond motifs is 2. The van der Waals surface area contributed by atoms with Crippen LogP contribution in [0.4, 0.5) is 0 Å². The van der Waals surface area contributed by atoms with Crippen molar-refractivity contribution in [1.29, 1.82) is 0 Å². The fourth-order valence-corrected chi connectivity index (χ4v) is 3.56. The lowest BCUT2D eigenvalue weighted by atomic mass is 9.94. The second-order valence-electron chi connectivity index (χ2n) is 5.88. The zero-order chi connectivity index (χ0) is 14.2. The van der Waals surface area contributed by atoms with Gasteiger partial charge in [-0.3, -0.25) is 10.2 Å². The van der Waals surface area contributed by atoms with E-state index in [-0.39, 0.29) is 0 Å². The zero-order valence-corrected chi connectivity index (χ0v) is 12.3. The molecule has 1 saturated heterocycles. The minimum Gasteiger partial charge on any atom is -0.497 e. The minimum atomic E-state index is 0.314. The van der Waals surface area contributed by atoms with E-state index in [4.69, 9.17) is 4.74 Å². The van der Waals surface area contributed by atoms with Crippen LogP contribution in [0.1, 0.15) is 22.9 Å². The summed E-state index contributed by atoms with van der Waals surface area (Å²) < 4.78 is 5.25. The molecule has 3 heteroatoms. The summed E-state index contributed by atoms with van der Waals surface area (Å²) in [6.45, 7) is 2.09. The molecular weight excluding hydrogens is 260 g/mol. The highest BCUT2D eigenvalue weighted by atomic mass is 16.5. The molecular formula is C18H20N2O. The molecule has 1 fully saturated rings. The number of methoxy groups -OCH3 is 1. The zero-order valence-electron chi connectivity index (χ0n) is 12.3. The molecule has 108 valence electrons. The molecule has 2 aromatic carbocycles. The average molecular weight is 280 g/mol. The molecule has 3 nitrogen and oxygen atoms in total. The van der Waals surface area contributed by atoms with Gasteiger partial charge in [0.2, 0.25) is 0 Å². The second kappa shape index (κ2) is 5.17. The fourth-order valence-electron chi connectivity index (χ4n) is 3.56. The highest BCUT2D eigenvalue weighted by molar-refractivity contribution is 5.34. The Balaban J connectivity index is 1.61. The SMILES string of the molecule is COc1ccc([C@@H]2NC[C@H]3Cc4ccccc4CN32)cc1. The summed E-state index contributed by atoms with van der Waals surface area (Å²) >= 11 is 0. The van der Waals surface area contributed by atoms with Crippen LogP contribution >= 0.6 is 0 Å². The molecule has 2 aliphatic heterocycles. The Hall–Kier alpha value is -1.84. The maximum atomic E-state index is 5.25. The summed E-state index contributed by atoms with van der Waals surface area (Å²) in [5.41, 5.74) is 4.30. The van der Waals surface area contributed by atoms with Crippen molar-refractivity contribution < 1.29 is 4.74 Å². The van der Waals surface area contributed by atoms with E-state index in [9.17, 15) is 0 Å². The van der Waals surface area contributed by atoms with E-state index in [0.717, 1.165) is 25.3 Å². The molecule has 4 rings (SSSR count). The van der Waals surface area contributed by atoms with Gasteiger partial charge in [-0.2, -0.15) is 0 Å². The van der Waals surface area contributed by atoms with Gasteiger partial charge >= 0.3 is 0 Å². The number of ether oxygens (including phenoxy) is 1. The smallest absolute Gasteiger partial charge is 0.118 e. The van der Waals surface area contributed by atoms with Crippen LogP contribution in [0.25, 0.3) is 0 Å². The van der Waals surface area contributed by atoms with Crippen LogP contribution in [0, 0.1) is 0 Å². The first kappa shape index (κ1) is 12.9. The van der Waals surface area contributed by atoms with Crippen molar-refractivity contribution in [3.8, 4) is 5.75 Å². The maximum absolute atomic E-state index is 5.25. The summed E-state index contributed by atoms with van der Waals surface area (Å²) in [6.07, 6.45) is 1.46. The predicted molar refractivity (Wildman–Crippen MR) is 83.2 cm³/mol. The number of benzene rings is 2. The lowest BCUT2D eigenvalue weighted by Crippen LogP contribution is -2.38. The Bertz CT molecular complexity index is 638. The monoisotopic (exact) mass is 280 g/mol. The first-order chi connectivity index (χ1) is 10.3. The summed E-state index contributed by atoms with van der Waals surface area (Å²) in [5, 5.41) is 3.67. The molecule has 2 atom stereocenters. The normalized spacial score (nSPS) is 24.4. The third-order valence-electron chi connectivity index (χ3n) is 4.71. The van der Waals surface area contributed by atoms with Crippen LogP contribution in [-0.4, -0.2) is 24.6 Å². The van der Waals surface area contributed by atoms with Gasteiger partial charge in [0.05, 0.1) is 13.3 Å². The number of nitrogens with zero attached hydrogens (tertiary/aromatic N) is 1. The third-order valence-corrected chi connectivity index (χ3v) is 4.71. The van der Waals surface area contributed by atoms with E-state index >= 15 is 0 Å². The summed E-state index contributed by atoms with van der Waals surface area (Å²) in [5.74, 6) is 0.914. The molecule has 0 unspecified atom stereocenters. The van der Waals surface area contributed by atoms with Crippen molar-refractivity contribution in [3.05, 3.63) is 65.2 Å². The molecule has 0 bridgehead atoms. The Morgan fingerprint density at radius 2 is 1.81 bits per heavy atom. The highest BCUT2D eigenvalue weighted by Gasteiger charge is 2.37. The van der Waals surface area contributed by atoms with Crippen LogP contribution in [0.15, 0.2) is 48.5 Å². The van der Waals surface area contributed by atoms with Crippen LogP contribution in [0.2, 0.25) is 0 Å². The number of hydrogen-bond acceptors (Lipinski definition) is 3. The van der Waals surface area contributed by atoms with Crippen LogP contribution in [0.3, 0.4) is 0 Å². The first-order valence-corrected chi connectivity index (χ1v) is 7.55. The lowest BCUT2D eigenvalue weighted by molar-refractivity contribution is 0.167. The Labute approximate surface area is 125 Å². The highest BCUT2D eigenvalue weighted by Crippen LogP contribution is 2.34. The van der Waals surface area contributed by atoms with E-state index in [0.29, 0.717) is 12.2 Å². The van der Waals surface area contributed by atoms with Gasteiger partial charge in [0.25, 0.3) is 0 Å². The molecule has 0 spiro atoms. The molecule has 2 aliphatic rings. The van der Waals surface area contributed by atoms with E-state index in [1.807, 2.05) is 12.1 Å². The van der Waals surface area contributed by atoms with Gasteiger partial charge in [0.1, 0.15) is 5.75 Å². The molecule has 2 heterocycles. The van der Waals surface area contributed by atoms with E-state index in [2.05, 4.69) is 46.6 Å². The van der Waals surface area contributed by atoms with Crippen molar-refractivity contribution in [2.24, 2.45) is 0 Å². The molecule has 21 heavy (non-hydrogen) atoms. The second-order valence-corrected chi connectivity index (χ2v) is 5.88. The maximum Gasteiger partial charge on any atom is 0.118 e. The molecule has 2 aromatic rings. The molecule has 1 N–H and O–H groups in total. The van der Waals surface area contributed by atoms with E-state index in [1.165, 1.54) is 16.7 Å². The third kappa shape index (κ3) is 2.23. The first-order valence-electron chi connectivity index (χ1n) is 7.55. The topological polar surface area (TPSA) is 24.5 Å². The Kier molecular flexibility index (Phi) is 3.17. The minimum absolute atomic E-state index is 0.314. The quantitative estimate of drug-likeness (QED) is 0.915. The Morgan fingerprint density at radius 1 is 1.05 bits per heavy atom. The van der Waals surface area contributed by atoms with Gasteiger partial charge in [-0.25, -0.2) is 0 Å².